The van der Waals surface area contributed by atoms with Gasteiger partial charge in [0, 0.05) is 23.1 Å². The van der Waals surface area contributed by atoms with Crippen molar-refractivity contribution in [3.8, 4) is 5.75 Å². The van der Waals surface area contributed by atoms with Crippen LogP contribution in [-0.4, -0.2) is 26.1 Å². The minimum atomic E-state index is -0.0692. The van der Waals surface area contributed by atoms with Crippen molar-refractivity contribution in [2.45, 2.75) is 13.8 Å². The summed E-state index contributed by atoms with van der Waals surface area (Å²) in [5, 5.41) is 6.07. The van der Waals surface area contributed by atoms with Gasteiger partial charge in [0.25, 0.3) is 5.91 Å². The van der Waals surface area contributed by atoms with Crippen molar-refractivity contribution in [1.29, 1.82) is 0 Å². The van der Waals surface area contributed by atoms with E-state index in [2.05, 4.69) is 26.6 Å². The van der Waals surface area contributed by atoms with E-state index in [1.807, 2.05) is 26.0 Å². The molecule has 0 bridgehead atoms. The number of ether oxygens (including phenoxy) is 1. The van der Waals surface area contributed by atoms with Gasteiger partial charge in [-0.2, -0.15) is 0 Å². The zero-order valence-electron chi connectivity index (χ0n) is 11.3. The Bertz CT molecular complexity index is 547. The first-order chi connectivity index (χ1) is 9.02. The zero-order valence-corrected chi connectivity index (χ0v) is 12.8. The number of nitrogens with one attached hydrogen (secondary N) is 2. The highest BCUT2D eigenvalue weighted by Crippen LogP contribution is 2.32. The van der Waals surface area contributed by atoms with E-state index in [0.29, 0.717) is 5.75 Å². The second-order valence-corrected chi connectivity index (χ2v) is 5.50. The molecule has 2 rings (SSSR count). The number of anilines is 1. The number of carbonyl (C=O) groups is 1. The number of carbonyl (C=O) groups excluding carboxylic acids is 1. The van der Waals surface area contributed by atoms with E-state index in [4.69, 9.17) is 4.74 Å². The van der Waals surface area contributed by atoms with E-state index in [-0.39, 0.29) is 5.91 Å². The van der Waals surface area contributed by atoms with Gasteiger partial charge in [-0.3, -0.25) is 4.79 Å². The summed E-state index contributed by atoms with van der Waals surface area (Å²) in [6, 6.07) is 3.79. The lowest BCUT2D eigenvalue weighted by molar-refractivity contribution is -0.112. The molecular weight excluding hydrogens is 308 g/mol. The van der Waals surface area contributed by atoms with Crippen LogP contribution in [0.4, 0.5) is 5.69 Å². The van der Waals surface area contributed by atoms with E-state index in [1.165, 1.54) is 0 Å². The summed E-state index contributed by atoms with van der Waals surface area (Å²) in [6.07, 6.45) is 0. The van der Waals surface area contributed by atoms with Crippen molar-refractivity contribution >= 4 is 27.5 Å². The first-order valence-corrected chi connectivity index (χ1v) is 6.87. The number of benzene rings is 1. The van der Waals surface area contributed by atoms with Crippen LogP contribution in [0.15, 0.2) is 27.8 Å². The van der Waals surface area contributed by atoms with Gasteiger partial charge in [0.15, 0.2) is 0 Å². The Hall–Kier alpha value is -1.33. The Kier molecular flexibility index (Phi) is 4.27. The van der Waals surface area contributed by atoms with Crippen LogP contribution < -0.4 is 15.4 Å². The minimum Gasteiger partial charge on any atom is -0.495 e. The summed E-state index contributed by atoms with van der Waals surface area (Å²) < 4.78 is 6.24. The first-order valence-electron chi connectivity index (χ1n) is 6.07. The molecule has 102 valence electrons. The van der Waals surface area contributed by atoms with Gasteiger partial charge in [0.2, 0.25) is 0 Å². The molecule has 1 fully saturated rings. The molecule has 0 spiro atoms. The molecule has 4 nitrogen and oxygen atoms in total. The third-order valence-corrected chi connectivity index (χ3v) is 3.73. The summed E-state index contributed by atoms with van der Waals surface area (Å²) in [6.45, 7) is 5.40. The van der Waals surface area contributed by atoms with Crippen LogP contribution in [0, 0.1) is 6.92 Å². The number of hydrogen-bond acceptors (Lipinski definition) is 3. The Morgan fingerprint density at radius 3 is 2.63 bits per heavy atom. The number of methoxy groups -OCH3 is 1. The van der Waals surface area contributed by atoms with Crippen molar-refractivity contribution < 1.29 is 9.53 Å². The van der Waals surface area contributed by atoms with Gasteiger partial charge >= 0.3 is 0 Å². The van der Waals surface area contributed by atoms with Gasteiger partial charge in [0.1, 0.15) is 5.75 Å². The highest BCUT2D eigenvalue weighted by molar-refractivity contribution is 9.10. The largest absolute Gasteiger partial charge is 0.495 e. The highest BCUT2D eigenvalue weighted by atomic mass is 79.9. The van der Waals surface area contributed by atoms with Crippen LogP contribution in [0.25, 0.3) is 0 Å². The van der Waals surface area contributed by atoms with Crippen LogP contribution in [0.5, 0.6) is 5.75 Å². The third-order valence-electron chi connectivity index (χ3n) is 3.27. The van der Waals surface area contributed by atoms with Crippen LogP contribution in [-0.2, 0) is 4.79 Å². The van der Waals surface area contributed by atoms with Gasteiger partial charge in [-0.1, -0.05) is 15.9 Å². The molecule has 1 saturated heterocycles. The van der Waals surface area contributed by atoms with Crippen molar-refractivity contribution in [2.75, 3.05) is 25.5 Å². The van der Waals surface area contributed by atoms with Crippen molar-refractivity contribution in [3.63, 3.8) is 0 Å². The second kappa shape index (κ2) is 5.75. The average Bonchev–Trinajstić information content (AvgIpc) is 2.29. The lowest BCUT2D eigenvalue weighted by Gasteiger charge is -2.22. The SMILES string of the molecule is COc1cc(Br)cc(C)c1NC(=O)C(C)=C1CNC1. The Balaban J connectivity index is 2.26. The molecule has 1 aliphatic heterocycles. The fraction of sp³-hybridized carbons (Fsp3) is 0.357. The van der Waals surface area contributed by atoms with Gasteiger partial charge in [-0.15, -0.1) is 0 Å². The van der Waals surface area contributed by atoms with E-state index in [9.17, 15) is 4.79 Å². The van der Waals surface area contributed by atoms with Gasteiger partial charge in [-0.25, -0.2) is 0 Å². The summed E-state index contributed by atoms with van der Waals surface area (Å²) in [5.41, 5.74) is 3.63. The quantitative estimate of drug-likeness (QED) is 0.840. The lowest BCUT2D eigenvalue weighted by atomic mass is 10.0. The van der Waals surface area contributed by atoms with E-state index >= 15 is 0 Å². The number of halogens is 1. The monoisotopic (exact) mass is 324 g/mol. The number of amides is 1. The molecule has 0 saturated carbocycles. The molecule has 1 amide bonds. The molecule has 0 aliphatic carbocycles. The normalized spacial score (nSPS) is 13.8. The predicted molar refractivity (Wildman–Crippen MR) is 79.6 cm³/mol. The molecule has 1 aromatic rings. The van der Waals surface area contributed by atoms with E-state index in [1.54, 1.807) is 7.11 Å². The molecule has 0 radical (unpaired) electrons. The smallest absolute Gasteiger partial charge is 0.251 e. The van der Waals surface area contributed by atoms with Crippen molar-refractivity contribution in [3.05, 3.63) is 33.3 Å². The summed E-state index contributed by atoms with van der Waals surface area (Å²) >= 11 is 3.42. The minimum absolute atomic E-state index is 0.0692. The molecule has 0 aromatic heterocycles. The number of hydrogen-bond donors (Lipinski definition) is 2. The van der Waals surface area contributed by atoms with Gasteiger partial charge in [0.05, 0.1) is 12.8 Å². The Morgan fingerprint density at radius 1 is 1.42 bits per heavy atom. The topological polar surface area (TPSA) is 50.4 Å². The highest BCUT2D eigenvalue weighted by Gasteiger charge is 2.18. The van der Waals surface area contributed by atoms with Crippen molar-refractivity contribution in [2.24, 2.45) is 0 Å². The fourth-order valence-corrected chi connectivity index (χ4v) is 2.47. The second-order valence-electron chi connectivity index (χ2n) is 4.59. The lowest BCUT2D eigenvalue weighted by Crippen LogP contribution is -2.36. The van der Waals surface area contributed by atoms with Crippen LogP contribution in [0.3, 0.4) is 0 Å². The maximum atomic E-state index is 12.2. The summed E-state index contributed by atoms with van der Waals surface area (Å²) in [5.74, 6) is 0.588. The third kappa shape index (κ3) is 2.98. The van der Waals surface area contributed by atoms with Crippen molar-refractivity contribution in [1.82, 2.24) is 5.32 Å². The average molecular weight is 325 g/mol. The van der Waals surface area contributed by atoms with Gasteiger partial charge < -0.3 is 15.4 Å². The number of aryl methyl sites for hydroxylation is 1. The molecule has 5 heteroatoms. The number of rotatable bonds is 3. The maximum absolute atomic E-state index is 12.2. The summed E-state index contributed by atoms with van der Waals surface area (Å²) in [4.78, 5) is 12.2. The summed E-state index contributed by atoms with van der Waals surface area (Å²) in [7, 11) is 1.60. The van der Waals surface area contributed by atoms with E-state index < -0.39 is 0 Å². The molecule has 2 N–H and O–H groups in total. The predicted octanol–water partition coefficient (Wildman–Crippen LogP) is 2.62. The molecule has 0 unspecified atom stereocenters. The standard InChI is InChI=1S/C14H17BrN2O2/c1-8-4-11(15)5-12(19-3)13(8)17-14(18)9(2)10-6-16-7-10/h4-5,16H,6-7H2,1-3H3,(H,17,18). The molecule has 1 heterocycles. The molecule has 19 heavy (non-hydrogen) atoms. The zero-order chi connectivity index (χ0) is 14.0. The molecule has 0 atom stereocenters. The maximum Gasteiger partial charge on any atom is 0.251 e. The fourth-order valence-electron chi connectivity index (χ4n) is 1.92. The Labute approximate surface area is 121 Å². The molecule has 1 aromatic carbocycles. The van der Waals surface area contributed by atoms with E-state index in [0.717, 1.165) is 40.0 Å². The Morgan fingerprint density at radius 2 is 2.11 bits per heavy atom. The first kappa shape index (κ1) is 14.1. The van der Waals surface area contributed by atoms with Crippen LogP contribution in [0.1, 0.15) is 12.5 Å². The van der Waals surface area contributed by atoms with Gasteiger partial charge in [-0.05, 0) is 37.1 Å². The molecule has 1 aliphatic rings. The molecular formula is C14H17BrN2O2. The van der Waals surface area contributed by atoms with Crippen LogP contribution >= 0.6 is 15.9 Å². The van der Waals surface area contributed by atoms with Crippen LogP contribution in [0.2, 0.25) is 0 Å².